The van der Waals surface area contributed by atoms with Crippen LogP contribution in [0.15, 0.2) is 59.6 Å². The predicted molar refractivity (Wildman–Crippen MR) is 160 cm³/mol. The maximum Gasteiger partial charge on any atom is 0.407 e. The summed E-state index contributed by atoms with van der Waals surface area (Å²) in [7, 11) is -3.80. The van der Waals surface area contributed by atoms with Crippen molar-refractivity contribution in [2.45, 2.75) is 82.4 Å². The van der Waals surface area contributed by atoms with Gasteiger partial charge in [0.1, 0.15) is 0 Å². The summed E-state index contributed by atoms with van der Waals surface area (Å²) in [4.78, 5) is 30.1. The predicted octanol–water partition coefficient (Wildman–Crippen LogP) is 5.13. The number of sulfonamides is 1. The van der Waals surface area contributed by atoms with Crippen molar-refractivity contribution in [2.24, 2.45) is 0 Å². The van der Waals surface area contributed by atoms with Gasteiger partial charge < -0.3 is 15.4 Å². The molecule has 4 rings (SSSR count). The highest BCUT2D eigenvalue weighted by atomic mass is 32.2. The molecule has 3 N–H and O–H groups in total. The number of carbonyl (C=O) groups is 2. The average molecular weight is 599 g/mol. The molecule has 0 spiro atoms. The summed E-state index contributed by atoms with van der Waals surface area (Å²) in [6.07, 6.45) is 4.66. The van der Waals surface area contributed by atoms with Gasteiger partial charge in [0.2, 0.25) is 15.9 Å². The van der Waals surface area contributed by atoms with E-state index in [1.54, 1.807) is 31.3 Å². The first kappa shape index (κ1) is 30.7. The van der Waals surface area contributed by atoms with Gasteiger partial charge in [0.25, 0.3) is 0 Å². The number of ether oxygens (including phenoxy) is 1. The molecular formula is C30H38N4O5S2. The van der Waals surface area contributed by atoms with Crippen LogP contribution < -0.4 is 15.4 Å². The van der Waals surface area contributed by atoms with E-state index < -0.39 is 10.0 Å². The van der Waals surface area contributed by atoms with Crippen molar-refractivity contribution in [1.82, 2.24) is 20.3 Å². The highest BCUT2D eigenvalue weighted by molar-refractivity contribution is 7.89. The van der Waals surface area contributed by atoms with Crippen molar-refractivity contribution >= 4 is 33.4 Å². The van der Waals surface area contributed by atoms with E-state index in [0.29, 0.717) is 17.7 Å². The van der Waals surface area contributed by atoms with Gasteiger partial charge in [0, 0.05) is 36.8 Å². The van der Waals surface area contributed by atoms with E-state index in [1.165, 1.54) is 11.3 Å². The molecule has 1 heterocycles. The molecule has 220 valence electrons. The largest absolute Gasteiger partial charge is 0.447 e. The van der Waals surface area contributed by atoms with Crippen LogP contribution in [0.2, 0.25) is 0 Å². The van der Waals surface area contributed by atoms with Gasteiger partial charge in [-0.2, -0.15) is 0 Å². The van der Waals surface area contributed by atoms with E-state index in [1.807, 2.05) is 44.2 Å². The number of hydrogen-bond donors (Lipinski definition) is 3. The second-order valence-corrected chi connectivity index (χ2v) is 13.3. The number of carbonyl (C=O) groups excluding carboxylic acids is 2. The molecule has 0 saturated heterocycles. The number of aromatic nitrogens is 1. The van der Waals surface area contributed by atoms with Gasteiger partial charge in [-0.3, -0.25) is 4.79 Å². The standard InChI is InChI=1S/C30H38N4O5S2/c1-4-33-41(37,38)27-16-22(17-28(35)31-18-21-8-6-5-7-9-21)10-15-25(27)26-19-32-29(40-26)23-11-13-24(14-12-23)34-30(36)39-20(2)3/h5-10,15-16,19-20,23-24,33H,4,11-14,17-18H2,1-3H3,(H,31,35)(H,34,36)/t23-,24-. The van der Waals surface area contributed by atoms with Crippen molar-refractivity contribution in [3.63, 3.8) is 0 Å². The van der Waals surface area contributed by atoms with Crippen molar-refractivity contribution in [2.75, 3.05) is 6.54 Å². The number of hydrogen-bond acceptors (Lipinski definition) is 7. The first-order valence-electron chi connectivity index (χ1n) is 14.0. The minimum Gasteiger partial charge on any atom is -0.447 e. The van der Waals surface area contributed by atoms with Crippen molar-refractivity contribution in [1.29, 1.82) is 0 Å². The summed E-state index contributed by atoms with van der Waals surface area (Å²) >= 11 is 1.50. The first-order valence-corrected chi connectivity index (χ1v) is 16.3. The molecule has 1 aromatic heterocycles. The number of amides is 2. The summed E-state index contributed by atoms with van der Waals surface area (Å²) in [5, 5.41) is 6.80. The van der Waals surface area contributed by atoms with Crippen molar-refractivity contribution < 1.29 is 22.7 Å². The van der Waals surface area contributed by atoms with Gasteiger partial charge >= 0.3 is 6.09 Å². The minimum atomic E-state index is -3.80. The third-order valence-corrected chi connectivity index (χ3v) is 9.68. The van der Waals surface area contributed by atoms with E-state index in [4.69, 9.17) is 4.74 Å². The van der Waals surface area contributed by atoms with Gasteiger partial charge in [0.05, 0.1) is 27.3 Å². The molecule has 0 atom stereocenters. The van der Waals surface area contributed by atoms with Gasteiger partial charge in [0.15, 0.2) is 0 Å². The summed E-state index contributed by atoms with van der Waals surface area (Å²) in [5.74, 6) is 0.0605. The molecule has 41 heavy (non-hydrogen) atoms. The normalized spacial score (nSPS) is 17.3. The average Bonchev–Trinajstić information content (AvgIpc) is 3.43. The second-order valence-electron chi connectivity index (χ2n) is 10.5. The van der Waals surface area contributed by atoms with Crippen LogP contribution >= 0.6 is 11.3 Å². The summed E-state index contributed by atoms with van der Waals surface area (Å²) in [6.45, 7) is 6.03. The second kappa shape index (κ2) is 14.1. The molecule has 0 bridgehead atoms. The molecule has 2 amide bonds. The molecular weight excluding hydrogens is 560 g/mol. The molecule has 0 aliphatic heterocycles. The van der Waals surface area contributed by atoms with Crippen molar-refractivity contribution in [3.8, 4) is 10.4 Å². The summed E-state index contributed by atoms with van der Waals surface area (Å²) in [6, 6.07) is 14.8. The van der Waals surface area contributed by atoms with Crippen molar-refractivity contribution in [3.05, 3.63) is 70.9 Å². The summed E-state index contributed by atoms with van der Waals surface area (Å²) < 4.78 is 34.2. The molecule has 0 unspecified atom stereocenters. The highest BCUT2D eigenvalue weighted by Gasteiger charge is 2.27. The molecule has 1 aliphatic carbocycles. The summed E-state index contributed by atoms with van der Waals surface area (Å²) in [5.41, 5.74) is 2.17. The van der Waals surface area contributed by atoms with Gasteiger partial charge in [-0.15, -0.1) is 11.3 Å². The van der Waals surface area contributed by atoms with E-state index in [0.717, 1.165) is 41.1 Å². The molecule has 1 fully saturated rings. The van der Waals surface area contributed by atoms with Crippen LogP contribution in [-0.2, 0) is 32.5 Å². The fraction of sp³-hybridized carbons (Fsp3) is 0.433. The SMILES string of the molecule is CCNS(=O)(=O)c1cc(CC(=O)NCc2ccccc2)ccc1-c1cnc([C@H]2CC[C@H](NC(=O)OC(C)C)CC2)s1. The Kier molecular flexibility index (Phi) is 10.5. The van der Waals surface area contributed by atoms with E-state index >= 15 is 0 Å². The number of benzene rings is 2. The zero-order chi connectivity index (χ0) is 29.4. The zero-order valence-electron chi connectivity index (χ0n) is 23.7. The van der Waals surface area contributed by atoms with Crippen LogP contribution in [0.1, 0.15) is 68.5 Å². The smallest absolute Gasteiger partial charge is 0.407 e. The topological polar surface area (TPSA) is 126 Å². The Morgan fingerprint density at radius 1 is 1.05 bits per heavy atom. The Hall–Kier alpha value is -3.28. The minimum absolute atomic E-state index is 0.0671. The maximum absolute atomic E-state index is 13.2. The monoisotopic (exact) mass is 598 g/mol. The van der Waals surface area contributed by atoms with Gasteiger partial charge in [-0.1, -0.05) is 49.4 Å². The Bertz CT molecular complexity index is 1430. The molecule has 0 radical (unpaired) electrons. The number of nitrogens with one attached hydrogen (secondary N) is 3. The maximum atomic E-state index is 13.2. The Morgan fingerprint density at radius 3 is 2.46 bits per heavy atom. The molecule has 2 aromatic carbocycles. The third kappa shape index (κ3) is 8.61. The van der Waals surface area contributed by atoms with Crippen LogP contribution in [-0.4, -0.2) is 44.1 Å². The van der Waals surface area contributed by atoms with Crippen LogP contribution in [0.3, 0.4) is 0 Å². The lowest BCUT2D eigenvalue weighted by Gasteiger charge is -2.28. The fourth-order valence-electron chi connectivity index (χ4n) is 4.92. The van der Waals surface area contributed by atoms with Crippen LogP contribution in [0.5, 0.6) is 0 Å². The lowest BCUT2D eigenvalue weighted by molar-refractivity contribution is -0.120. The van der Waals surface area contributed by atoms with Crippen LogP contribution in [0.25, 0.3) is 10.4 Å². The fourth-order valence-corrected chi connectivity index (χ4v) is 7.42. The first-order chi connectivity index (χ1) is 19.6. The molecule has 11 heteroatoms. The highest BCUT2D eigenvalue weighted by Crippen LogP contribution is 2.39. The van der Waals surface area contributed by atoms with Gasteiger partial charge in [-0.25, -0.2) is 22.9 Å². The number of alkyl carbamates (subject to hydrolysis) is 1. The zero-order valence-corrected chi connectivity index (χ0v) is 25.3. The van der Waals surface area contributed by atoms with E-state index in [2.05, 4.69) is 20.3 Å². The lowest BCUT2D eigenvalue weighted by atomic mass is 9.86. The molecule has 3 aromatic rings. The van der Waals surface area contributed by atoms with E-state index in [9.17, 15) is 18.0 Å². The molecule has 1 aliphatic rings. The Balaban J connectivity index is 1.46. The van der Waals surface area contributed by atoms with Crippen LogP contribution in [0, 0.1) is 0 Å². The molecule has 9 nitrogen and oxygen atoms in total. The van der Waals surface area contributed by atoms with E-state index in [-0.39, 0.29) is 47.9 Å². The number of rotatable bonds is 11. The number of nitrogens with zero attached hydrogens (tertiary/aromatic N) is 1. The number of thiazole rings is 1. The van der Waals surface area contributed by atoms with Gasteiger partial charge in [-0.05, 0) is 56.7 Å². The lowest BCUT2D eigenvalue weighted by Crippen LogP contribution is -2.38. The van der Waals surface area contributed by atoms with Crippen LogP contribution in [0.4, 0.5) is 4.79 Å². The Morgan fingerprint density at radius 2 is 1.78 bits per heavy atom. The third-order valence-electron chi connectivity index (χ3n) is 6.90. The Labute approximate surface area is 246 Å². The molecule has 1 saturated carbocycles. The quantitative estimate of drug-likeness (QED) is 0.281.